The molecule has 0 fully saturated rings. The van der Waals surface area contributed by atoms with Gasteiger partial charge in [-0.2, -0.15) is 0 Å². The van der Waals surface area contributed by atoms with E-state index in [0.29, 0.717) is 22.8 Å². The van der Waals surface area contributed by atoms with Gasteiger partial charge in [-0.15, -0.1) is 11.3 Å². The maximum absolute atomic E-state index is 13.3. The number of carbonyl (C=O) groups excluding carboxylic acids is 2. The molecule has 0 bridgehead atoms. The van der Waals surface area contributed by atoms with Crippen LogP contribution in [0, 0.1) is 13.8 Å². The number of nitrogens with one attached hydrogen (secondary N) is 1. The van der Waals surface area contributed by atoms with Crippen LogP contribution in [0.5, 0.6) is 11.5 Å². The van der Waals surface area contributed by atoms with E-state index in [9.17, 15) is 9.59 Å². The van der Waals surface area contributed by atoms with Crippen LogP contribution in [0.4, 0.5) is 5.69 Å². The number of fused-ring (bicyclic) bond motifs is 1. The number of rotatable bonds is 5. The van der Waals surface area contributed by atoms with E-state index in [-0.39, 0.29) is 25.2 Å². The summed E-state index contributed by atoms with van der Waals surface area (Å²) in [7, 11) is 0. The fourth-order valence-corrected chi connectivity index (χ4v) is 4.44. The Labute approximate surface area is 183 Å². The number of amides is 2. The Hall–Kier alpha value is -3.58. The summed E-state index contributed by atoms with van der Waals surface area (Å²) in [5.74, 6) is 0.634. The highest BCUT2D eigenvalue weighted by Gasteiger charge is 2.39. The fraction of sp³-hybridized carbons (Fsp3) is 0.167. The van der Waals surface area contributed by atoms with Crippen molar-refractivity contribution in [3.63, 3.8) is 0 Å². The molecule has 2 aliphatic heterocycles. The van der Waals surface area contributed by atoms with Gasteiger partial charge in [0.25, 0.3) is 11.8 Å². The minimum absolute atomic E-state index is 0.154. The van der Waals surface area contributed by atoms with E-state index in [1.54, 1.807) is 6.07 Å². The van der Waals surface area contributed by atoms with E-state index < -0.39 is 0 Å². The number of hydrogen-bond acceptors (Lipinski definition) is 6. The van der Waals surface area contributed by atoms with Gasteiger partial charge >= 0.3 is 0 Å². The number of aryl methyl sites for hydroxylation is 2. The first-order valence-corrected chi connectivity index (χ1v) is 10.8. The summed E-state index contributed by atoms with van der Waals surface area (Å²) >= 11 is 1.44. The normalized spacial score (nSPS) is 15.2. The Morgan fingerprint density at radius 2 is 1.81 bits per heavy atom. The molecule has 2 aliphatic rings. The van der Waals surface area contributed by atoms with Gasteiger partial charge < -0.3 is 14.8 Å². The van der Waals surface area contributed by atoms with Crippen LogP contribution in [-0.4, -0.2) is 23.5 Å². The number of hydrogen-bond donors (Lipinski definition) is 1. The molecule has 7 heteroatoms. The highest BCUT2D eigenvalue weighted by atomic mass is 32.1. The first-order valence-electron chi connectivity index (χ1n) is 9.88. The molecule has 156 valence electrons. The number of nitrogens with zero attached hydrogens (tertiary/aromatic N) is 1. The van der Waals surface area contributed by atoms with Gasteiger partial charge in [-0.3, -0.25) is 14.5 Å². The van der Waals surface area contributed by atoms with Crippen LogP contribution in [0.1, 0.15) is 21.6 Å². The van der Waals surface area contributed by atoms with Crippen molar-refractivity contribution in [2.24, 2.45) is 0 Å². The summed E-state index contributed by atoms with van der Waals surface area (Å²) in [6, 6.07) is 15.1. The molecule has 5 rings (SSSR count). The summed E-state index contributed by atoms with van der Waals surface area (Å²) in [5.41, 5.74) is 4.55. The van der Waals surface area contributed by atoms with Crippen LogP contribution in [0.3, 0.4) is 0 Å². The molecule has 2 aromatic carbocycles. The van der Waals surface area contributed by atoms with Gasteiger partial charge in [-0.25, -0.2) is 0 Å². The largest absolute Gasteiger partial charge is 0.454 e. The summed E-state index contributed by atoms with van der Waals surface area (Å²) < 4.78 is 10.8. The van der Waals surface area contributed by atoms with Crippen molar-refractivity contribution in [1.82, 2.24) is 4.90 Å². The molecule has 1 N–H and O–H groups in total. The highest BCUT2D eigenvalue weighted by Crippen LogP contribution is 2.36. The van der Waals surface area contributed by atoms with Crippen molar-refractivity contribution >= 4 is 34.4 Å². The van der Waals surface area contributed by atoms with E-state index in [4.69, 9.17) is 9.47 Å². The summed E-state index contributed by atoms with van der Waals surface area (Å²) in [6.07, 6.45) is 0. The second-order valence-electron chi connectivity index (χ2n) is 7.54. The van der Waals surface area contributed by atoms with Crippen LogP contribution in [0.25, 0.3) is 5.57 Å². The number of thiophene rings is 1. The highest BCUT2D eigenvalue weighted by molar-refractivity contribution is 7.11. The Balaban J connectivity index is 1.48. The quantitative estimate of drug-likeness (QED) is 0.602. The van der Waals surface area contributed by atoms with Gasteiger partial charge in [0.2, 0.25) is 6.79 Å². The summed E-state index contributed by atoms with van der Waals surface area (Å²) in [6.45, 7) is 4.38. The molecule has 2 amide bonds. The van der Waals surface area contributed by atoms with Crippen LogP contribution >= 0.6 is 11.3 Å². The molecule has 1 aromatic heterocycles. The monoisotopic (exact) mass is 432 g/mol. The molecular formula is C24H20N2O4S. The predicted octanol–water partition coefficient (Wildman–Crippen LogP) is 4.49. The number of carbonyl (C=O) groups is 2. The van der Waals surface area contributed by atoms with Gasteiger partial charge in [0.1, 0.15) is 5.70 Å². The van der Waals surface area contributed by atoms with Gasteiger partial charge in [-0.05, 0) is 66.2 Å². The Bertz CT molecular complexity index is 1230. The maximum Gasteiger partial charge on any atom is 0.278 e. The van der Waals surface area contributed by atoms with Gasteiger partial charge in [0.15, 0.2) is 11.5 Å². The zero-order valence-corrected chi connectivity index (χ0v) is 17.9. The van der Waals surface area contributed by atoms with Gasteiger partial charge in [0.05, 0.1) is 12.1 Å². The molecular weight excluding hydrogens is 412 g/mol. The van der Waals surface area contributed by atoms with Crippen LogP contribution in [0.2, 0.25) is 0 Å². The van der Waals surface area contributed by atoms with Crippen molar-refractivity contribution in [2.45, 2.75) is 20.4 Å². The zero-order chi connectivity index (χ0) is 21.5. The molecule has 6 nitrogen and oxygen atoms in total. The smallest absolute Gasteiger partial charge is 0.278 e. The average molecular weight is 433 g/mol. The Morgan fingerprint density at radius 1 is 0.968 bits per heavy atom. The molecule has 0 atom stereocenters. The van der Waals surface area contributed by atoms with Crippen molar-refractivity contribution in [3.05, 3.63) is 81.2 Å². The number of benzene rings is 2. The maximum atomic E-state index is 13.3. The van der Waals surface area contributed by atoms with E-state index in [1.165, 1.54) is 16.2 Å². The molecule has 0 saturated carbocycles. The van der Waals surface area contributed by atoms with Crippen molar-refractivity contribution in [2.75, 3.05) is 12.1 Å². The number of ether oxygens (including phenoxy) is 2. The Morgan fingerprint density at radius 3 is 2.58 bits per heavy atom. The minimum Gasteiger partial charge on any atom is -0.454 e. The summed E-state index contributed by atoms with van der Waals surface area (Å²) in [5, 5.41) is 5.11. The third kappa shape index (κ3) is 3.47. The van der Waals surface area contributed by atoms with E-state index in [2.05, 4.69) is 5.32 Å². The molecule has 3 aromatic rings. The predicted molar refractivity (Wildman–Crippen MR) is 119 cm³/mol. The lowest BCUT2D eigenvalue weighted by molar-refractivity contribution is -0.137. The SMILES string of the molecule is Cc1ccc(NC2=C(c3cccs3)C(=O)N(Cc3ccc4c(c3)OCO4)C2=O)cc1C. The standard InChI is InChI=1S/C24H20N2O4S/c1-14-5-7-17(10-15(14)2)25-22-21(20-4-3-9-31-20)23(27)26(24(22)28)12-16-6-8-18-19(11-16)30-13-29-18/h3-11,25H,12-13H2,1-2H3. The molecule has 0 radical (unpaired) electrons. The fourth-order valence-electron chi connectivity index (χ4n) is 3.67. The van der Waals surface area contributed by atoms with E-state index in [1.807, 2.05) is 61.7 Å². The zero-order valence-electron chi connectivity index (χ0n) is 17.1. The molecule has 0 unspecified atom stereocenters. The molecule has 0 aliphatic carbocycles. The topological polar surface area (TPSA) is 67.9 Å². The number of imide groups is 1. The van der Waals surface area contributed by atoms with E-state index in [0.717, 1.165) is 27.3 Å². The second kappa shape index (κ2) is 7.59. The van der Waals surface area contributed by atoms with Crippen molar-refractivity contribution < 1.29 is 19.1 Å². The van der Waals surface area contributed by atoms with Gasteiger partial charge in [-0.1, -0.05) is 18.2 Å². The lowest BCUT2D eigenvalue weighted by atomic mass is 10.1. The van der Waals surface area contributed by atoms with Crippen molar-refractivity contribution in [3.8, 4) is 11.5 Å². The van der Waals surface area contributed by atoms with E-state index >= 15 is 0 Å². The molecule has 3 heterocycles. The number of anilines is 1. The lowest BCUT2D eigenvalue weighted by Crippen LogP contribution is -2.31. The second-order valence-corrected chi connectivity index (χ2v) is 8.48. The first kappa shape index (κ1) is 19.4. The van der Waals surface area contributed by atoms with Crippen LogP contribution < -0.4 is 14.8 Å². The average Bonchev–Trinajstić information content (AvgIpc) is 3.48. The van der Waals surface area contributed by atoms with Gasteiger partial charge in [0, 0.05) is 10.6 Å². The minimum atomic E-state index is -0.343. The summed E-state index contributed by atoms with van der Waals surface area (Å²) in [4.78, 5) is 28.7. The third-order valence-electron chi connectivity index (χ3n) is 5.49. The molecule has 0 spiro atoms. The first-order chi connectivity index (χ1) is 15.0. The third-order valence-corrected chi connectivity index (χ3v) is 6.38. The molecule has 0 saturated heterocycles. The van der Waals surface area contributed by atoms with Crippen molar-refractivity contribution in [1.29, 1.82) is 0 Å². The van der Waals surface area contributed by atoms with Crippen LogP contribution in [-0.2, 0) is 16.1 Å². The Kier molecular flexibility index (Phi) is 4.75. The molecule has 31 heavy (non-hydrogen) atoms. The lowest BCUT2D eigenvalue weighted by Gasteiger charge is -2.16. The van der Waals surface area contributed by atoms with Crippen LogP contribution in [0.15, 0.2) is 59.6 Å².